The van der Waals surface area contributed by atoms with Crippen molar-refractivity contribution >= 4 is 11.8 Å². The smallest absolute Gasteiger partial charge is 0.226 e. The van der Waals surface area contributed by atoms with Crippen molar-refractivity contribution in [3.05, 3.63) is 0 Å². The van der Waals surface area contributed by atoms with Crippen LogP contribution in [0.3, 0.4) is 0 Å². The van der Waals surface area contributed by atoms with Crippen molar-refractivity contribution in [1.29, 1.82) is 0 Å². The number of hydrogen-bond donors (Lipinski definition) is 1. The molecular formula is C16H26N2O2. The van der Waals surface area contributed by atoms with E-state index >= 15 is 0 Å². The van der Waals surface area contributed by atoms with Gasteiger partial charge in [0.05, 0.1) is 0 Å². The van der Waals surface area contributed by atoms with Crippen molar-refractivity contribution in [2.45, 2.75) is 57.8 Å². The summed E-state index contributed by atoms with van der Waals surface area (Å²) in [5.41, 5.74) is 0.406. The fourth-order valence-corrected chi connectivity index (χ4v) is 4.36. The van der Waals surface area contributed by atoms with Gasteiger partial charge in [-0.2, -0.15) is 0 Å². The maximum Gasteiger partial charge on any atom is 0.226 e. The molecule has 1 unspecified atom stereocenters. The van der Waals surface area contributed by atoms with Crippen LogP contribution in [0.4, 0.5) is 0 Å². The van der Waals surface area contributed by atoms with E-state index in [1.165, 1.54) is 38.5 Å². The van der Waals surface area contributed by atoms with E-state index in [9.17, 15) is 9.59 Å². The van der Waals surface area contributed by atoms with Crippen molar-refractivity contribution in [3.8, 4) is 0 Å². The topological polar surface area (TPSA) is 49.4 Å². The Labute approximate surface area is 121 Å². The van der Waals surface area contributed by atoms with Crippen LogP contribution in [0.25, 0.3) is 0 Å². The highest BCUT2D eigenvalue weighted by Gasteiger charge is 2.39. The highest BCUT2D eigenvalue weighted by Crippen LogP contribution is 2.43. The van der Waals surface area contributed by atoms with Gasteiger partial charge in [-0.15, -0.1) is 0 Å². The number of nitrogens with zero attached hydrogens (tertiary/aromatic N) is 1. The second-order valence-corrected chi connectivity index (χ2v) is 6.96. The molecule has 2 aliphatic heterocycles. The van der Waals surface area contributed by atoms with Crippen LogP contribution in [0.2, 0.25) is 0 Å². The lowest BCUT2D eigenvalue weighted by molar-refractivity contribution is -0.143. The third kappa shape index (κ3) is 2.84. The second-order valence-electron chi connectivity index (χ2n) is 6.96. The molecule has 3 aliphatic rings. The number of rotatable bonds is 1. The van der Waals surface area contributed by atoms with Gasteiger partial charge in [0.1, 0.15) is 0 Å². The number of likely N-dealkylation sites (tertiary alicyclic amines) is 1. The molecular weight excluding hydrogens is 252 g/mol. The molecule has 1 spiro atoms. The average Bonchev–Trinajstić information content (AvgIpc) is 2.47. The van der Waals surface area contributed by atoms with Crippen molar-refractivity contribution in [1.82, 2.24) is 10.2 Å². The Morgan fingerprint density at radius 2 is 1.90 bits per heavy atom. The predicted octanol–water partition coefficient (Wildman–Crippen LogP) is 2.09. The normalized spacial score (nSPS) is 30.1. The third-order valence-corrected chi connectivity index (χ3v) is 5.48. The fourth-order valence-electron chi connectivity index (χ4n) is 4.36. The van der Waals surface area contributed by atoms with Crippen LogP contribution in [0.1, 0.15) is 57.8 Å². The minimum Gasteiger partial charge on any atom is -0.356 e. The Kier molecular flexibility index (Phi) is 3.99. The first kappa shape index (κ1) is 13.9. The van der Waals surface area contributed by atoms with Gasteiger partial charge >= 0.3 is 0 Å². The Morgan fingerprint density at radius 3 is 2.65 bits per heavy atom. The van der Waals surface area contributed by atoms with Crippen LogP contribution in [-0.4, -0.2) is 36.3 Å². The van der Waals surface area contributed by atoms with Gasteiger partial charge in [-0.05, 0) is 37.5 Å². The first-order chi connectivity index (χ1) is 9.69. The van der Waals surface area contributed by atoms with E-state index in [0.717, 1.165) is 25.9 Å². The predicted molar refractivity (Wildman–Crippen MR) is 77.1 cm³/mol. The quantitative estimate of drug-likeness (QED) is 0.798. The Hall–Kier alpha value is -1.06. The molecule has 0 bridgehead atoms. The van der Waals surface area contributed by atoms with E-state index in [1.807, 2.05) is 0 Å². The van der Waals surface area contributed by atoms with Crippen molar-refractivity contribution in [3.63, 3.8) is 0 Å². The van der Waals surface area contributed by atoms with E-state index < -0.39 is 0 Å². The van der Waals surface area contributed by atoms with Crippen LogP contribution >= 0.6 is 0 Å². The van der Waals surface area contributed by atoms with Gasteiger partial charge in [-0.3, -0.25) is 9.59 Å². The highest BCUT2D eigenvalue weighted by molar-refractivity contribution is 5.87. The van der Waals surface area contributed by atoms with Crippen molar-refractivity contribution < 1.29 is 9.59 Å². The van der Waals surface area contributed by atoms with E-state index in [-0.39, 0.29) is 17.7 Å². The van der Waals surface area contributed by atoms with Gasteiger partial charge in [-0.25, -0.2) is 0 Å². The zero-order valence-corrected chi connectivity index (χ0v) is 12.3. The summed E-state index contributed by atoms with van der Waals surface area (Å²) in [6.07, 6.45) is 10.2. The summed E-state index contributed by atoms with van der Waals surface area (Å²) in [6.45, 7) is 2.51. The molecule has 2 saturated heterocycles. The first-order valence-electron chi connectivity index (χ1n) is 8.24. The molecule has 0 aromatic rings. The molecule has 3 fully saturated rings. The molecule has 4 heteroatoms. The van der Waals surface area contributed by atoms with Gasteiger partial charge in [-0.1, -0.05) is 19.3 Å². The molecule has 1 aliphatic carbocycles. The molecule has 4 nitrogen and oxygen atoms in total. The molecule has 1 N–H and O–H groups in total. The average molecular weight is 278 g/mol. The zero-order valence-electron chi connectivity index (χ0n) is 12.3. The molecule has 0 aromatic heterocycles. The van der Waals surface area contributed by atoms with Crippen LogP contribution in [0, 0.1) is 11.3 Å². The van der Waals surface area contributed by atoms with Gasteiger partial charge < -0.3 is 10.2 Å². The monoisotopic (exact) mass is 278 g/mol. The van der Waals surface area contributed by atoms with E-state index in [4.69, 9.17) is 0 Å². The fraction of sp³-hybridized carbons (Fsp3) is 0.875. The Balaban J connectivity index is 1.63. The lowest BCUT2D eigenvalue weighted by atomic mass is 9.69. The van der Waals surface area contributed by atoms with Crippen LogP contribution in [-0.2, 0) is 9.59 Å². The number of carbonyl (C=O) groups is 2. The largest absolute Gasteiger partial charge is 0.356 e. The summed E-state index contributed by atoms with van der Waals surface area (Å²) in [4.78, 5) is 26.2. The van der Waals surface area contributed by atoms with Gasteiger partial charge in [0, 0.05) is 32.0 Å². The Morgan fingerprint density at radius 1 is 1.15 bits per heavy atom. The summed E-state index contributed by atoms with van der Waals surface area (Å²) >= 11 is 0. The maximum atomic E-state index is 12.7. The SMILES string of the molecule is O=C1CC(C(=O)N2CCCC3(CCCCC3)C2)CCN1. The minimum atomic E-state index is -0.0671. The molecule has 0 radical (unpaired) electrons. The maximum absolute atomic E-state index is 12.7. The van der Waals surface area contributed by atoms with Gasteiger partial charge in [0.25, 0.3) is 0 Å². The summed E-state index contributed by atoms with van der Waals surface area (Å²) in [5.74, 6) is 0.214. The summed E-state index contributed by atoms with van der Waals surface area (Å²) in [5, 5.41) is 2.82. The lowest BCUT2D eigenvalue weighted by Gasteiger charge is -2.46. The first-order valence-corrected chi connectivity index (χ1v) is 8.24. The standard InChI is InChI=1S/C16H26N2O2/c19-14-11-13(5-9-17-14)15(20)18-10-4-8-16(12-18)6-2-1-3-7-16/h13H,1-12H2,(H,17,19). The summed E-state index contributed by atoms with van der Waals surface area (Å²) in [6, 6.07) is 0. The van der Waals surface area contributed by atoms with Crippen molar-refractivity contribution in [2.24, 2.45) is 11.3 Å². The van der Waals surface area contributed by atoms with Gasteiger partial charge in [0.2, 0.25) is 11.8 Å². The number of hydrogen-bond acceptors (Lipinski definition) is 2. The van der Waals surface area contributed by atoms with Crippen LogP contribution < -0.4 is 5.32 Å². The number of piperidine rings is 2. The lowest BCUT2D eigenvalue weighted by Crippen LogP contribution is -2.50. The molecule has 1 saturated carbocycles. The molecule has 0 aromatic carbocycles. The highest BCUT2D eigenvalue weighted by atomic mass is 16.2. The van der Waals surface area contributed by atoms with E-state index in [1.54, 1.807) is 0 Å². The molecule has 2 heterocycles. The molecule has 3 rings (SSSR count). The Bertz CT molecular complexity index is 382. The summed E-state index contributed by atoms with van der Waals surface area (Å²) < 4.78 is 0. The molecule has 1 atom stereocenters. The zero-order chi connectivity index (χ0) is 14.0. The van der Waals surface area contributed by atoms with E-state index in [2.05, 4.69) is 10.2 Å². The number of amides is 2. The minimum absolute atomic E-state index is 0.0407. The molecule has 20 heavy (non-hydrogen) atoms. The second kappa shape index (κ2) is 5.74. The molecule has 2 amide bonds. The van der Waals surface area contributed by atoms with E-state index in [0.29, 0.717) is 18.4 Å². The van der Waals surface area contributed by atoms with Crippen molar-refractivity contribution in [2.75, 3.05) is 19.6 Å². The summed E-state index contributed by atoms with van der Waals surface area (Å²) in [7, 11) is 0. The molecule has 112 valence electrons. The van der Waals surface area contributed by atoms with Gasteiger partial charge in [0.15, 0.2) is 0 Å². The van der Waals surface area contributed by atoms with Crippen LogP contribution in [0.15, 0.2) is 0 Å². The third-order valence-electron chi connectivity index (χ3n) is 5.48. The number of nitrogens with one attached hydrogen (secondary N) is 1. The van der Waals surface area contributed by atoms with Crippen LogP contribution in [0.5, 0.6) is 0 Å². The number of carbonyl (C=O) groups excluding carboxylic acids is 2.